The van der Waals surface area contributed by atoms with Crippen LogP contribution < -0.4 is 0 Å². The van der Waals surface area contributed by atoms with Gasteiger partial charge in [-0.25, -0.2) is 0 Å². The van der Waals surface area contributed by atoms with E-state index in [1.165, 1.54) is 11.5 Å². The molecule has 0 amide bonds. The number of rotatable bonds is 10. The van der Waals surface area contributed by atoms with E-state index in [1.54, 1.807) is 23.5 Å². The second kappa shape index (κ2) is 13.0. The van der Waals surface area contributed by atoms with E-state index in [4.69, 9.17) is 10.2 Å². The SMILES string of the molecule is OCCSCCSCCSCCO. The molecule has 5 heteroatoms. The smallest absolute Gasteiger partial charge is 0.0521 e. The minimum Gasteiger partial charge on any atom is -0.396 e. The lowest BCUT2D eigenvalue weighted by Gasteiger charge is -2.00. The Kier molecular flexibility index (Phi) is 13.9. The highest BCUT2D eigenvalue weighted by atomic mass is 32.2. The third-order valence-electron chi connectivity index (χ3n) is 1.22. The van der Waals surface area contributed by atoms with Crippen molar-refractivity contribution in [2.75, 3.05) is 47.7 Å². The topological polar surface area (TPSA) is 40.5 Å². The van der Waals surface area contributed by atoms with Crippen molar-refractivity contribution >= 4 is 35.3 Å². The minimum absolute atomic E-state index is 0.293. The van der Waals surface area contributed by atoms with Crippen LogP contribution in [0.5, 0.6) is 0 Å². The summed E-state index contributed by atoms with van der Waals surface area (Å²) >= 11 is 5.56. The maximum atomic E-state index is 8.51. The summed E-state index contributed by atoms with van der Waals surface area (Å²) in [6, 6.07) is 0. The van der Waals surface area contributed by atoms with E-state index < -0.39 is 0 Å². The molecule has 0 spiro atoms. The average Bonchev–Trinajstić information content (AvgIpc) is 2.16. The van der Waals surface area contributed by atoms with E-state index in [0.717, 1.165) is 23.0 Å². The molecule has 0 heterocycles. The molecule has 2 N–H and O–H groups in total. The molecule has 0 aromatic carbocycles. The molecule has 0 aliphatic rings. The van der Waals surface area contributed by atoms with Gasteiger partial charge in [-0.05, 0) is 0 Å². The zero-order valence-corrected chi connectivity index (χ0v) is 10.2. The number of thioether (sulfide) groups is 3. The van der Waals surface area contributed by atoms with Gasteiger partial charge >= 0.3 is 0 Å². The van der Waals surface area contributed by atoms with Crippen LogP contribution >= 0.6 is 35.3 Å². The Bertz CT molecular complexity index is 83.5. The van der Waals surface area contributed by atoms with Gasteiger partial charge in [-0.15, -0.1) is 0 Å². The second-order valence-electron chi connectivity index (χ2n) is 2.28. The first kappa shape index (κ1) is 14.0. The number of aliphatic hydroxyl groups excluding tert-OH is 2. The van der Waals surface area contributed by atoms with Gasteiger partial charge in [-0.1, -0.05) is 0 Å². The fourth-order valence-electron chi connectivity index (χ4n) is 0.671. The third kappa shape index (κ3) is 13.0. The molecule has 0 radical (unpaired) electrons. The van der Waals surface area contributed by atoms with Crippen molar-refractivity contribution < 1.29 is 10.2 Å². The van der Waals surface area contributed by atoms with Crippen molar-refractivity contribution in [2.24, 2.45) is 0 Å². The van der Waals surface area contributed by atoms with Gasteiger partial charge in [-0.2, -0.15) is 35.3 Å². The number of aliphatic hydroxyl groups is 2. The van der Waals surface area contributed by atoms with E-state index in [0.29, 0.717) is 13.2 Å². The summed E-state index contributed by atoms with van der Waals surface area (Å²) in [5.74, 6) is 6.33. The second-order valence-corrected chi connectivity index (χ2v) is 5.96. The van der Waals surface area contributed by atoms with E-state index in [2.05, 4.69) is 0 Å². The molecule has 13 heavy (non-hydrogen) atoms. The Labute approximate surface area is 93.3 Å². The van der Waals surface area contributed by atoms with Crippen LogP contribution in [-0.2, 0) is 0 Å². The fourth-order valence-corrected chi connectivity index (χ4v) is 3.43. The lowest BCUT2D eigenvalue weighted by Crippen LogP contribution is -1.94. The molecular weight excluding hydrogens is 224 g/mol. The zero-order chi connectivity index (χ0) is 9.78. The standard InChI is InChI=1S/C8H18O2S3/c9-1-3-11-5-7-13-8-6-12-4-2-10/h9-10H,1-8H2. The van der Waals surface area contributed by atoms with E-state index >= 15 is 0 Å². The van der Waals surface area contributed by atoms with Gasteiger partial charge in [0.25, 0.3) is 0 Å². The predicted octanol–water partition coefficient (Wildman–Crippen LogP) is 1.17. The largest absolute Gasteiger partial charge is 0.396 e. The van der Waals surface area contributed by atoms with Crippen molar-refractivity contribution in [1.82, 2.24) is 0 Å². The van der Waals surface area contributed by atoms with Crippen molar-refractivity contribution in [3.05, 3.63) is 0 Å². The molecule has 0 aromatic rings. The van der Waals surface area contributed by atoms with Crippen LogP contribution in [0.2, 0.25) is 0 Å². The average molecular weight is 242 g/mol. The fraction of sp³-hybridized carbons (Fsp3) is 1.00. The molecule has 0 unspecified atom stereocenters. The van der Waals surface area contributed by atoms with Crippen LogP contribution in [0.3, 0.4) is 0 Å². The molecule has 0 bridgehead atoms. The maximum Gasteiger partial charge on any atom is 0.0521 e. The first-order valence-electron chi connectivity index (χ1n) is 4.36. The normalized spacial score (nSPS) is 10.6. The van der Waals surface area contributed by atoms with Crippen molar-refractivity contribution in [3.63, 3.8) is 0 Å². The quantitative estimate of drug-likeness (QED) is 0.563. The van der Waals surface area contributed by atoms with Crippen LogP contribution in [0.15, 0.2) is 0 Å². The van der Waals surface area contributed by atoms with Gasteiger partial charge in [0.1, 0.15) is 0 Å². The highest BCUT2D eigenvalue weighted by Crippen LogP contribution is 2.09. The Morgan fingerprint density at radius 2 is 0.846 bits per heavy atom. The summed E-state index contributed by atoms with van der Waals surface area (Å²) in [4.78, 5) is 0. The predicted molar refractivity (Wildman–Crippen MR) is 66.1 cm³/mol. The first-order chi connectivity index (χ1) is 6.41. The third-order valence-corrected chi connectivity index (χ3v) is 4.65. The van der Waals surface area contributed by atoms with Crippen LogP contribution in [0, 0.1) is 0 Å². The van der Waals surface area contributed by atoms with E-state index in [1.807, 2.05) is 11.8 Å². The Morgan fingerprint density at radius 3 is 1.15 bits per heavy atom. The first-order valence-corrected chi connectivity index (χ1v) is 7.83. The lowest BCUT2D eigenvalue weighted by molar-refractivity contribution is 0.322. The molecule has 0 aliphatic heterocycles. The molecule has 80 valence electrons. The van der Waals surface area contributed by atoms with Gasteiger partial charge in [0.2, 0.25) is 0 Å². The van der Waals surface area contributed by atoms with Crippen molar-refractivity contribution in [3.8, 4) is 0 Å². The molecule has 0 aromatic heterocycles. The molecule has 0 fully saturated rings. The molecular formula is C8H18O2S3. The Balaban J connectivity index is 2.76. The van der Waals surface area contributed by atoms with E-state index in [9.17, 15) is 0 Å². The maximum absolute atomic E-state index is 8.51. The van der Waals surface area contributed by atoms with Gasteiger partial charge in [0, 0.05) is 34.5 Å². The lowest BCUT2D eigenvalue weighted by atomic mass is 10.9. The molecule has 0 rings (SSSR count). The number of hydrogen-bond donors (Lipinski definition) is 2. The summed E-state index contributed by atoms with van der Waals surface area (Å²) < 4.78 is 0. The summed E-state index contributed by atoms with van der Waals surface area (Å²) in [6.07, 6.45) is 0. The van der Waals surface area contributed by atoms with Crippen LogP contribution in [0.4, 0.5) is 0 Å². The summed E-state index contributed by atoms with van der Waals surface area (Å²) in [5, 5.41) is 17.0. The van der Waals surface area contributed by atoms with Crippen LogP contribution in [-0.4, -0.2) is 57.9 Å². The van der Waals surface area contributed by atoms with Crippen molar-refractivity contribution in [2.45, 2.75) is 0 Å². The van der Waals surface area contributed by atoms with Crippen LogP contribution in [0.1, 0.15) is 0 Å². The summed E-state index contributed by atoms with van der Waals surface area (Å²) in [7, 11) is 0. The monoisotopic (exact) mass is 242 g/mol. The highest BCUT2D eigenvalue weighted by Gasteiger charge is 1.91. The molecule has 0 atom stereocenters. The van der Waals surface area contributed by atoms with Gasteiger partial charge in [0.15, 0.2) is 0 Å². The Morgan fingerprint density at radius 1 is 0.538 bits per heavy atom. The van der Waals surface area contributed by atoms with Crippen molar-refractivity contribution in [1.29, 1.82) is 0 Å². The molecule has 0 saturated heterocycles. The highest BCUT2D eigenvalue weighted by molar-refractivity contribution is 8.04. The van der Waals surface area contributed by atoms with Gasteiger partial charge in [0.05, 0.1) is 13.2 Å². The molecule has 0 saturated carbocycles. The Hall–Kier alpha value is 0.970. The summed E-state index contributed by atoms with van der Waals surface area (Å²) in [6.45, 7) is 0.587. The van der Waals surface area contributed by atoms with Gasteiger partial charge < -0.3 is 10.2 Å². The summed E-state index contributed by atoms with van der Waals surface area (Å²) in [5.41, 5.74) is 0. The minimum atomic E-state index is 0.293. The van der Waals surface area contributed by atoms with E-state index in [-0.39, 0.29) is 0 Å². The number of hydrogen-bond acceptors (Lipinski definition) is 5. The van der Waals surface area contributed by atoms with Crippen LogP contribution in [0.25, 0.3) is 0 Å². The van der Waals surface area contributed by atoms with Gasteiger partial charge in [-0.3, -0.25) is 0 Å². The molecule has 0 aliphatic carbocycles. The molecule has 2 nitrogen and oxygen atoms in total. The zero-order valence-electron chi connectivity index (χ0n) is 7.78.